The molecule has 0 N–H and O–H groups in total. The first-order valence-electron chi connectivity index (χ1n) is 9.90. The van der Waals surface area contributed by atoms with Crippen LogP contribution in [0.3, 0.4) is 0 Å². The lowest BCUT2D eigenvalue weighted by Gasteiger charge is -2.63. The molecular weight excluding hydrogens is 290 g/mol. The second-order valence-corrected chi connectivity index (χ2v) is 9.40. The normalized spacial score (nSPS) is 34.8. The first-order valence-corrected chi connectivity index (χ1v) is 9.90. The van der Waals surface area contributed by atoms with Crippen molar-refractivity contribution in [2.45, 2.75) is 80.2 Å². The van der Waals surface area contributed by atoms with E-state index < -0.39 is 0 Å². The van der Waals surface area contributed by atoms with Gasteiger partial charge < -0.3 is 4.90 Å². The van der Waals surface area contributed by atoms with Crippen LogP contribution in [0.15, 0.2) is 35.6 Å². The van der Waals surface area contributed by atoms with E-state index in [-0.39, 0.29) is 0 Å². The third-order valence-corrected chi connectivity index (χ3v) is 6.93. The Bertz CT molecular complexity index is 550. The van der Waals surface area contributed by atoms with E-state index in [2.05, 4.69) is 79.0 Å². The molecule has 0 amide bonds. The fourth-order valence-corrected chi connectivity index (χ4v) is 5.02. The highest BCUT2D eigenvalue weighted by atomic mass is 15.2. The minimum Gasteiger partial charge on any atom is -0.365 e. The molecule has 0 aromatic rings. The van der Waals surface area contributed by atoms with E-state index in [0.717, 1.165) is 5.92 Å². The highest BCUT2D eigenvalue weighted by Gasteiger charge is 2.53. The molecule has 0 aromatic heterocycles. The van der Waals surface area contributed by atoms with Crippen LogP contribution in [0.2, 0.25) is 0 Å². The zero-order valence-electron chi connectivity index (χ0n) is 17.4. The number of hydrogen-bond donors (Lipinski definition) is 0. The Morgan fingerprint density at radius 3 is 2.17 bits per heavy atom. The van der Waals surface area contributed by atoms with E-state index in [1.54, 1.807) is 0 Å². The summed E-state index contributed by atoms with van der Waals surface area (Å²) in [7, 11) is 0. The van der Waals surface area contributed by atoms with Crippen molar-refractivity contribution < 1.29 is 0 Å². The third kappa shape index (κ3) is 3.11. The number of nitrogens with zero attached hydrogens (tertiary/aromatic N) is 1. The Morgan fingerprint density at radius 2 is 1.75 bits per heavy atom. The summed E-state index contributed by atoms with van der Waals surface area (Å²) in [6.45, 7) is 24.3. The van der Waals surface area contributed by atoms with Crippen LogP contribution in [0.4, 0.5) is 0 Å². The maximum Gasteiger partial charge on any atom is 0.0437 e. The molecule has 136 valence electrons. The van der Waals surface area contributed by atoms with Gasteiger partial charge in [-0.05, 0) is 67.4 Å². The number of fused-ring (bicyclic) bond motifs is 3. The lowest BCUT2D eigenvalue weighted by Crippen LogP contribution is -2.63. The van der Waals surface area contributed by atoms with Crippen molar-refractivity contribution in [3.63, 3.8) is 0 Å². The predicted molar refractivity (Wildman–Crippen MR) is 107 cm³/mol. The van der Waals surface area contributed by atoms with Gasteiger partial charge in [0.25, 0.3) is 0 Å². The fraction of sp³-hybridized carbons (Fsp3) is 0.739. The largest absolute Gasteiger partial charge is 0.365 e. The van der Waals surface area contributed by atoms with Crippen LogP contribution in [-0.4, -0.2) is 17.0 Å². The molecular formula is C23H39N. The van der Waals surface area contributed by atoms with E-state index in [9.17, 15) is 0 Å². The molecule has 2 heterocycles. The molecule has 1 nitrogen and oxygen atoms in total. The smallest absolute Gasteiger partial charge is 0.0437 e. The highest BCUT2D eigenvalue weighted by molar-refractivity contribution is 5.42. The highest BCUT2D eigenvalue weighted by Crippen LogP contribution is 2.55. The third-order valence-electron chi connectivity index (χ3n) is 6.93. The SMILES string of the molecule is C=C/C(=C(\C(=C/C)C(C)C)N1CC2(C)CCC1(C)C[C@H]2C)C(C)C. The second kappa shape index (κ2) is 6.73. The van der Waals surface area contributed by atoms with Crippen molar-refractivity contribution in [2.75, 3.05) is 6.54 Å². The summed E-state index contributed by atoms with van der Waals surface area (Å²) in [5.41, 5.74) is 5.13. The minimum absolute atomic E-state index is 0.290. The van der Waals surface area contributed by atoms with Crippen LogP contribution in [-0.2, 0) is 0 Å². The van der Waals surface area contributed by atoms with Gasteiger partial charge in [-0.1, -0.05) is 60.3 Å². The molecule has 1 aliphatic carbocycles. The summed E-state index contributed by atoms with van der Waals surface area (Å²) in [6, 6.07) is 0. The molecule has 3 aliphatic rings. The molecule has 2 unspecified atom stereocenters. The zero-order valence-corrected chi connectivity index (χ0v) is 17.4. The monoisotopic (exact) mass is 329 g/mol. The van der Waals surface area contributed by atoms with Gasteiger partial charge in [0.05, 0.1) is 0 Å². The van der Waals surface area contributed by atoms with Crippen molar-refractivity contribution in [1.82, 2.24) is 4.90 Å². The summed E-state index contributed by atoms with van der Waals surface area (Å²) >= 11 is 0. The summed E-state index contributed by atoms with van der Waals surface area (Å²) in [6.07, 6.45) is 8.44. The quantitative estimate of drug-likeness (QED) is 0.514. The maximum absolute atomic E-state index is 4.18. The lowest BCUT2D eigenvalue weighted by molar-refractivity contribution is -0.0847. The van der Waals surface area contributed by atoms with Crippen LogP contribution in [0.1, 0.15) is 74.7 Å². The Morgan fingerprint density at radius 1 is 1.12 bits per heavy atom. The number of hydrogen-bond acceptors (Lipinski definition) is 1. The molecule has 0 aromatic carbocycles. The summed E-state index contributed by atoms with van der Waals surface area (Å²) in [5, 5.41) is 0. The van der Waals surface area contributed by atoms with E-state index in [1.807, 2.05) is 0 Å². The molecule has 3 rings (SSSR count). The number of allylic oxidation sites excluding steroid dienone is 4. The van der Waals surface area contributed by atoms with Gasteiger partial charge in [0.15, 0.2) is 0 Å². The van der Waals surface area contributed by atoms with Crippen molar-refractivity contribution >= 4 is 0 Å². The predicted octanol–water partition coefficient (Wildman–Crippen LogP) is 6.59. The van der Waals surface area contributed by atoms with Gasteiger partial charge in [-0.15, -0.1) is 0 Å². The molecule has 0 radical (unpaired) electrons. The van der Waals surface area contributed by atoms with Gasteiger partial charge in [-0.3, -0.25) is 0 Å². The van der Waals surface area contributed by atoms with Gasteiger partial charge in [0.2, 0.25) is 0 Å². The summed E-state index contributed by atoms with van der Waals surface area (Å²) in [5.74, 6) is 1.85. The standard InChI is InChI=1S/C23H39N/c1-10-19(16(3)4)21(20(11-2)17(5)6)24-15-22(8)12-13-23(24,9)14-18(22)7/h10-11,16-18H,1,12-15H2,2-9H3/b20-11-,21-19-/t18-,22?,23?/m1/s1. The van der Waals surface area contributed by atoms with Crippen LogP contribution in [0.25, 0.3) is 0 Å². The van der Waals surface area contributed by atoms with Gasteiger partial charge in [-0.2, -0.15) is 0 Å². The lowest BCUT2D eigenvalue weighted by atomic mass is 9.57. The van der Waals surface area contributed by atoms with Crippen molar-refractivity contribution in [2.24, 2.45) is 23.2 Å². The van der Waals surface area contributed by atoms with Crippen molar-refractivity contribution in [3.05, 3.63) is 35.6 Å². The summed E-state index contributed by atoms with van der Waals surface area (Å²) < 4.78 is 0. The van der Waals surface area contributed by atoms with Gasteiger partial charge >= 0.3 is 0 Å². The fourth-order valence-electron chi connectivity index (χ4n) is 5.02. The van der Waals surface area contributed by atoms with E-state index in [0.29, 0.717) is 22.8 Å². The average Bonchev–Trinajstić information content (AvgIpc) is 2.48. The number of piperidine rings is 2. The zero-order chi connectivity index (χ0) is 18.3. The van der Waals surface area contributed by atoms with Gasteiger partial charge in [0.1, 0.15) is 0 Å². The Hall–Kier alpha value is -0.980. The Labute approximate surface area is 150 Å². The van der Waals surface area contributed by atoms with E-state index in [1.165, 1.54) is 42.7 Å². The van der Waals surface area contributed by atoms with Gasteiger partial charge in [0, 0.05) is 17.8 Å². The van der Waals surface area contributed by atoms with Crippen molar-refractivity contribution in [1.29, 1.82) is 0 Å². The maximum atomic E-state index is 4.18. The first kappa shape index (κ1) is 19.3. The molecule has 3 fully saturated rings. The molecule has 2 saturated heterocycles. The van der Waals surface area contributed by atoms with Gasteiger partial charge in [-0.25, -0.2) is 0 Å². The first-order chi connectivity index (χ1) is 11.1. The topological polar surface area (TPSA) is 3.24 Å². The van der Waals surface area contributed by atoms with Crippen LogP contribution in [0.5, 0.6) is 0 Å². The average molecular weight is 330 g/mol. The van der Waals surface area contributed by atoms with Crippen LogP contribution >= 0.6 is 0 Å². The van der Waals surface area contributed by atoms with Crippen molar-refractivity contribution in [3.8, 4) is 0 Å². The second-order valence-electron chi connectivity index (χ2n) is 9.40. The molecule has 1 saturated carbocycles. The molecule has 24 heavy (non-hydrogen) atoms. The molecule has 3 atom stereocenters. The molecule has 0 spiro atoms. The Kier molecular flexibility index (Phi) is 5.43. The van der Waals surface area contributed by atoms with E-state index in [4.69, 9.17) is 0 Å². The molecule has 2 bridgehead atoms. The van der Waals surface area contributed by atoms with Crippen LogP contribution < -0.4 is 0 Å². The Balaban J connectivity index is 2.63. The van der Waals surface area contributed by atoms with E-state index >= 15 is 0 Å². The molecule has 2 aliphatic heterocycles. The summed E-state index contributed by atoms with van der Waals surface area (Å²) in [4.78, 5) is 2.78. The molecule has 1 heteroatoms. The van der Waals surface area contributed by atoms with Crippen LogP contribution in [0, 0.1) is 23.2 Å². The minimum atomic E-state index is 0.290. The number of rotatable bonds is 5.